The van der Waals surface area contributed by atoms with E-state index in [1.807, 2.05) is 6.92 Å². The Labute approximate surface area is 118 Å². The molecular formula is C12H20ClN5O. The van der Waals surface area contributed by atoms with Crippen LogP contribution >= 0.6 is 11.6 Å². The van der Waals surface area contributed by atoms with E-state index in [-0.39, 0.29) is 5.28 Å². The lowest BCUT2D eigenvalue weighted by Gasteiger charge is -2.22. The fourth-order valence-corrected chi connectivity index (χ4v) is 2.21. The summed E-state index contributed by atoms with van der Waals surface area (Å²) >= 11 is 5.85. The molecule has 0 saturated carbocycles. The van der Waals surface area contributed by atoms with Crippen LogP contribution in [-0.4, -0.2) is 40.8 Å². The first kappa shape index (κ1) is 14.3. The Kier molecular flexibility index (Phi) is 5.60. The zero-order valence-electron chi connectivity index (χ0n) is 11.2. The first-order valence-electron chi connectivity index (χ1n) is 6.79. The van der Waals surface area contributed by atoms with E-state index in [0.29, 0.717) is 18.0 Å². The molecule has 2 heterocycles. The van der Waals surface area contributed by atoms with E-state index in [0.717, 1.165) is 32.5 Å². The number of hydrogen-bond donors (Lipinski definition) is 2. The molecule has 7 heteroatoms. The number of ether oxygens (including phenoxy) is 1. The summed E-state index contributed by atoms with van der Waals surface area (Å²) in [5.41, 5.74) is 0. The quantitative estimate of drug-likeness (QED) is 0.836. The average Bonchev–Trinajstić information content (AvgIpc) is 2.40. The van der Waals surface area contributed by atoms with E-state index in [2.05, 4.69) is 25.6 Å². The Balaban J connectivity index is 1.81. The van der Waals surface area contributed by atoms with Crippen molar-refractivity contribution in [1.82, 2.24) is 15.0 Å². The molecule has 1 aliphatic rings. The summed E-state index contributed by atoms with van der Waals surface area (Å²) < 4.78 is 5.67. The van der Waals surface area contributed by atoms with Crippen molar-refractivity contribution in [2.45, 2.75) is 38.7 Å². The van der Waals surface area contributed by atoms with Crippen LogP contribution in [0, 0.1) is 0 Å². The molecule has 0 bridgehead atoms. The third kappa shape index (κ3) is 4.80. The van der Waals surface area contributed by atoms with Gasteiger partial charge in [0.2, 0.25) is 17.2 Å². The predicted octanol–water partition coefficient (Wildman–Crippen LogP) is 2.33. The van der Waals surface area contributed by atoms with Gasteiger partial charge in [0.25, 0.3) is 0 Å². The number of aromatic nitrogens is 3. The molecule has 1 atom stereocenters. The minimum Gasteiger partial charge on any atom is -0.378 e. The van der Waals surface area contributed by atoms with Crippen molar-refractivity contribution in [3.63, 3.8) is 0 Å². The maximum absolute atomic E-state index is 5.85. The Morgan fingerprint density at radius 3 is 2.68 bits per heavy atom. The largest absolute Gasteiger partial charge is 0.378 e. The maximum atomic E-state index is 5.85. The molecule has 2 rings (SSSR count). The minimum absolute atomic E-state index is 0.197. The van der Waals surface area contributed by atoms with Crippen molar-refractivity contribution in [2.24, 2.45) is 0 Å². The third-order valence-electron chi connectivity index (χ3n) is 2.97. The number of hydrogen-bond acceptors (Lipinski definition) is 6. The SMILES string of the molecule is CCNc1nc(Cl)nc(NCCC2CCCCO2)n1. The fraction of sp³-hybridized carbons (Fsp3) is 0.750. The predicted molar refractivity (Wildman–Crippen MR) is 75.7 cm³/mol. The first-order valence-corrected chi connectivity index (χ1v) is 7.16. The summed E-state index contributed by atoms with van der Waals surface area (Å²) in [4.78, 5) is 12.3. The molecule has 1 aromatic rings. The molecule has 1 aromatic heterocycles. The summed E-state index contributed by atoms with van der Waals surface area (Å²) in [5.74, 6) is 1.01. The number of anilines is 2. The number of nitrogens with one attached hydrogen (secondary N) is 2. The third-order valence-corrected chi connectivity index (χ3v) is 3.14. The lowest BCUT2D eigenvalue weighted by atomic mass is 10.1. The van der Waals surface area contributed by atoms with Crippen LogP contribution in [0.15, 0.2) is 0 Å². The second-order valence-corrected chi connectivity index (χ2v) is 4.82. The van der Waals surface area contributed by atoms with Crippen LogP contribution in [0.4, 0.5) is 11.9 Å². The highest BCUT2D eigenvalue weighted by Gasteiger charge is 2.13. The van der Waals surface area contributed by atoms with Crippen LogP contribution in [0.2, 0.25) is 5.28 Å². The highest BCUT2D eigenvalue weighted by Crippen LogP contribution is 2.16. The van der Waals surface area contributed by atoms with Gasteiger partial charge in [0, 0.05) is 19.7 Å². The minimum atomic E-state index is 0.197. The summed E-state index contributed by atoms with van der Waals surface area (Å²) in [6.07, 6.45) is 4.89. The lowest BCUT2D eigenvalue weighted by molar-refractivity contribution is 0.0134. The van der Waals surface area contributed by atoms with Crippen molar-refractivity contribution in [3.05, 3.63) is 5.28 Å². The summed E-state index contributed by atoms with van der Waals surface area (Å²) in [6.45, 7) is 4.38. The maximum Gasteiger partial charge on any atom is 0.228 e. The van der Waals surface area contributed by atoms with E-state index in [1.165, 1.54) is 12.8 Å². The van der Waals surface area contributed by atoms with Crippen molar-refractivity contribution in [3.8, 4) is 0 Å². The molecule has 19 heavy (non-hydrogen) atoms. The van der Waals surface area contributed by atoms with Gasteiger partial charge in [-0.2, -0.15) is 15.0 Å². The van der Waals surface area contributed by atoms with Crippen LogP contribution < -0.4 is 10.6 Å². The number of halogens is 1. The Morgan fingerprint density at radius 2 is 2.00 bits per heavy atom. The van der Waals surface area contributed by atoms with Crippen LogP contribution in [0.1, 0.15) is 32.6 Å². The molecular weight excluding hydrogens is 266 g/mol. The smallest absolute Gasteiger partial charge is 0.228 e. The topological polar surface area (TPSA) is 72.0 Å². The average molecular weight is 286 g/mol. The fourth-order valence-electron chi connectivity index (χ4n) is 2.05. The molecule has 0 radical (unpaired) electrons. The highest BCUT2D eigenvalue weighted by molar-refractivity contribution is 6.28. The Hall–Kier alpha value is -1.14. The van der Waals surface area contributed by atoms with E-state index in [4.69, 9.17) is 16.3 Å². The van der Waals surface area contributed by atoms with Crippen LogP contribution in [0.5, 0.6) is 0 Å². The van der Waals surface area contributed by atoms with Gasteiger partial charge in [0.1, 0.15) is 0 Å². The molecule has 1 aliphatic heterocycles. The van der Waals surface area contributed by atoms with Gasteiger partial charge >= 0.3 is 0 Å². The second-order valence-electron chi connectivity index (χ2n) is 4.49. The van der Waals surface area contributed by atoms with Crippen molar-refractivity contribution in [2.75, 3.05) is 30.3 Å². The molecule has 0 aromatic carbocycles. The van der Waals surface area contributed by atoms with Gasteiger partial charge in [-0.05, 0) is 44.2 Å². The molecule has 0 spiro atoms. The number of nitrogens with zero attached hydrogens (tertiary/aromatic N) is 3. The van der Waals surface area contributed by atoms with Gasteiger partial charge in [-0.25, -0.2) is 0 Å². The molecule has 2 N–H and O–H groups in total. The second kappa shape index (κ2) is 7.45. The molecule has 1 fully saturated rings. The van der Waals surface area contributed by atoms with Crippen LogP contribution in [0.3, 0.4) is 0 Å². The summed E-state index contributed by atoms with van der Waals surface area (Å²) in [5, 5.41) is 6.38. The first-order chi connectivity index (χ1) is 9.28. The van der Waals surface area contributed by atoms with Gasteiger partial charge in [-0.1, -0.05) is 0 Å². The standard InChI is InChI=1S/C12H20ClN5O/c1-2-14-11-16-10(13)17-12(18-11)15-7-6-9-5-3-4-8-19-9/h9H,2-8H2,1H3,(H2,14,15,16,17,18). The van der Waals surface area contributed by atoms with E-state index >= 15 is 0 Å². The van der Waals surface area contributed by atoms with Gasteiger partial charge in [0.15, 0.2) is 0 Å². The summed E-state index contributed by atoms with van der Waals surface area (Å²) in [6, 6.07) is 0. The van der Waals surface area contributed by atoms with Gasteiger partial charge < -0.3 is 15.4 Å². The molecule has 1 saturated heterocycles. The zero-order chi connectivity index (χ0) is 13.5. The Bertz CT molecular complexity index is 398. The molecule has 6 nitrogen and oxygen atoms in total. The lowest BCUT2D eigenvalue weighted by Crippen LogP contribution is -2.22. The zero-order valence-corrected chi connectivity index (χ0v) is 11.9. The van der Waals surface area contributed by atoms with E-state index in [1.54, 1.807) is 0 Å². The normalized spacial score (nSPS) is 19.2. The molecule has 1 unspecified atom stereocenters. The van der Waals surface area contributed by atoms with Crippen molar-refractivity contribution >= 4 is 23.5 Å². The van der Waals surface area contributed by atoms with Crippen molar-refractivity contribution < 1.29 is 4.74 Å². The molecule has 106 valence electrons. The monoisotopic (exact) mass is 285 g/mol. The molecule has 0 amide bonds. The van der Waals surface area contributed by atoms with E-state index in [9.17, 15) is 0 Å². The van der Waals surface area contributed by atoms with E-state index < -0.39 is 0 Å². The number of rotatable bonds is 6. The van der Waals surface area contributed by atoms with Crippen LogP contribution in [0.25, 0.3) is 0 Å². The summed E-state index contributed by atoms with van der Waals surface area (Å²) in [7, 11) is 0. The Morgan fingerprint density at radius 1 is 1.21 bits per heavy atom. The van der Waals surface area contributed by atoms with Crippen molar-refractivity contribution in [1.29, 1.82) is 0 Å². The molecule has 0 aliphatic carbocycles. The van der Waals surface area contributed by atoms with Gasteiger partial charge in [-0.15, -0.1) is 0 Å². The van der Waals surface area contributed by atoms with Crippen LogP contribution in [-0.2, 0) is 4.74 Å². The van der Waals surface area contributed by atoms with Gasteiger partial charge in [0.05, 0.1) is 6.10 Å². The van der Waals surface area contributed by atoms with Gasteiger partial charge in [-0.3, -0.25) is 0 Å². The highest BCUT2D eigenvalue weighted by atomic mass is 35.5.